The highest BCUT2D eigenvalue weighted by Crippen LogP contribution is 2.25. The molecule has 0 unspecified atom stereocenters. The topological polar surface area (TPSA) is 46.5 Å². The molecule has 1 N–H and O–H groups in total. The Labute approximate surface area is 118 Å². The number of ether oxygens (including phenoxy) is 1. The summed E-state index contributed by atoms with van der Waals surface area (Å²) in [6, 6.07) is 8.19. The zero-order chi connectivity index (χ0) is 13.1. The van der Waals surface area contributed by atoms with E-state index in [0.717, 1.165) is 4.88 Å². The zero-order valence-electron chi connectivity index (χ0n) is 9.02. The molecule has 94 valence electrons. The van der Waals surface area contributed by atoms with Crippen LogP contribution in [0, 0.1) is 0 Å². The molecule has 0 fully saturated rings. The summed E-state index contributed by atoms with van der Waals surface area (Å²) in [6.07, 6.45) is 0. The van der Waals surface area contributed by atoms with E-state index < -0.39 is 5.97 Å². The van der Waals surface area contributed by atoms with Crippen molar-refractivity contribution < 1.29 is 14.6 Å². The summed E-state index contributed by atoms with van der Waals surface area (Å²) in [5.41, 5.74) is 0. The Morgan fingerprint density at radius 1 is 1.22 bits per heavy atom. The van der Waals surface area contributed by atoms with E-state index in [9.17, 15) is 4.79 Å². The van der Waals surface area contributed by atoms with Crippen molar-refractivity contribution in [3.8, 4) is 5.75 Å². The minimum Gasteiger partial charge on any atom is -0.488 e. The number of thiophene rings is 1. The van der Waals surface area contributed by atoms with E-state index >= 15 is 0 Å². The first-order valence-corrected chi connectivity index (χ1v) is 6.53. The average molecular weight is 303 g/mol. The summed E-state index contributed by atoms with van der Waals surface area (Å²) in [5, 5.41) is 9.78. The van der Waals surface area contributed by atoms with Gasteiger partial charge in [0.1, 0.15) is 17.2 Å². The Bertz CT molecular complexity index is 560. The van der Waals surface area contributed by atoms with Crippen LogP contribution in [0.25, 0.3) is 0 Å². The average Bonchev–Trinajstić information content (AvgIpc) is 2.73. The van der Waals surface area contributed by atoms with Crippen molar-refractivity contribution in [1.29, 1.82) is 0 Å². The van der Waals surface area contributed by atoms with Gasteiger partial charge >= 0.3 is 5.97 Å². The van der Waals surface area contributed by atoms with E-state index in [1.165, 1.54) is 11.3 Å². The smallest absolute Gasteiger partial charge is 0.345 e. The summed E-state index contributed by atoms with van der Waals surface area (Å²) in [4.78, 5) is 11.8. The van der Waals surface area contributed by atoms with Crippen LogP contribution in [0.4, 0.5) is 0 Å². The van der Waals surface area contributed by atoms with Crippen LogP contribution in [0.1, 0.15) is 14.5 Å². The van der Waals surface area contributed by atoms with E-state index in [1.807, 2.05) is 0 Å². The van der Waals surface area contributed by atoms with Crippen molar-refractivity contribution in [2.45, 2.75) is 6.61 Å². The molecule has 1 aromatic carbocycles. The van der Waals surface area contributed by atoms with E-state index in [-0.39, 0.29) is 11.5 Å². The van der Waals surface area contributed by atoms with Crippen LogP contribution in [0.15, 0.2) is 30.3 Å². The maximum atomic E-state index is 10.7. The number of benzene rings is 1. The molecule has 6 heteroatoms. The van der Waals surface area contributed by atoms with E-state index in [4.69, 9.17) is 33.0 Å². The highest BCUT2D eigenvalue weighted by atomic mass is 35.5. The number of carbonyl (C=O) groups is 1. The molecular formula is C12H8Cl2O3S. The maximum Gasteiger partial charge on any atom is 0.345 e. The fraction of sp³-hybridized carbons (Fsp3) is 0.0833. The van der Waals surface area contributed by atoms with Crippen LogP contribution in [0.5, 0.6) is 5.75 Å². The third-order valence-corrected chi connectivity index (χ3v) is 3.57. The van der Waals surface area contributed by atoms with Gasteiger partial charge in [-0.15, -0.1) is 11.3 Å². The zero-order valence-corrected chi connectivity index (χ0v) is 11.4. The molecule has 0 bridgehead atoms. The first-order valence-electron chi connectivity index (χ1n) is 4.95. The Morgan fingerprint density at radius 2 is 1.89 bits per heavy atom. The predicted molar refractivity (Wildman–Crippen MR) is 72.1 cm³/mol. The second-order valence-electron chi connectivity index (χ2n) is 3.46. The molecular weight excluding hydrogens is 295 g/mol. The largest absolute Gasteiger partial charge is 0.488 e. The van der Waals surface area contributed by atoms with E-state index in [2.05, 4.69) is 0 Å². The quantitative estimate of drug-likeness (QED) is 0.914. The first-order chi connectivity index (χ1) is 8.54. The molecule has 0 radical (unpaired) electrons. The van der Waals surface area contributed by atoms with Crippen molar-refractivity contribution in [2.75, 3.05) is 0 Å². The number of carboxylic acid groups (broad SMARTS) is 1. The van der Waals surface area contributed by atoms with Crippen LogP contribution in [-0.4, -0.2) is 11.1 Å². The highest BCUT2D eigenvalue weighted by Gasteiger charge is 2.07. The van der Waals surface area contributed by atoms with Gasteiger partial charge in [0, 0.05) is 14.9 Å². The minimum atomic E-state index is -0.933. The third-order valence-electron chi connectivity index (χ3n) is 2.09. The summed E-state index contributed by atoms with van der Waals surface area (Å²) in [5.74, 6) is -0.380. The minimum absolute atomic E-state index is 0.286. The summed E-state index contributed by atoms with van der Waals surface area (Å²) < 4.78 is 5.50. The molecule has 3 nitrogen and oxygen atoms in total. The molecule has 2 aromatic rings. The van der Waals surface area contributed by atoms with Crippen molar-refractivity contribution in [3.05, 3.63) is 50.1 Å². The van der Waals surface area contributed by atoms with E-state index in [1.54, 1.807) is 30.3 Å². The van der Waals surface area contributed by atoms with Crippen molar-refractivity contribution in [3.63, 3.8) is 0 Å². The second kappa shape index (κ2) is 5.61. The normalized spacial score (nSPS) is 10.3. The Kier molecular flexibility index (Phi) is 4.11. The van der Waals surface area contributed by atoms with Gasteiger partial charge in [0.05, 0.1) is 0 Å². The third kappa shape index (κ3) is 3.38. The van der Waals surface area contributed by atoms with Crippen LogP contribution in [-0.2, 0) is 6.61 Å². The lowest BCUT2D eigenvalue weighted by atomic mass is 10.3. The molecule has 0 saturated heterocycles. The van der Waals surface area contributed by atoms with Gasteiger partial charge < -0.3 is 9.84 Å². The van der Waals surface area contributed by atoms with Crippen molar-refractivity contribution in [1.82, 2.24) is 0 Å². The lowest BCUT2D eigenvalue weighted by Gasteiger charge is -2.05. The lowest BCUT2D eigenvalue weighted by Crippen LogP contribution is -1.93. The number of carboxylic acids is 1. The molecule has 0 aliphatic heterocycles. The predicted octanol–water partition coefficient (Wildman–Crippen LogP) is 4.33. The molecule has 0 atom stereocenters. The number of rotatable bonds is 4. The molecule has 0 saturated carbocycles. The van der Waals surface area contributed by atoms with Crippen molar-refractivity contribution in [2.24, 2.45) is 0 Å². The molecule has 0 aliphatic carbocycles. The van der Waals surface area contributed by atoms with Crippen LogP contribution in [0.3, 0.4) is 0 Å². The SMILES string of the molecule is O=C(O)c1ccc(COc2cc(Cl)cc(Cl)c2)s1. The number of aromatic carboxylic acids is 1. The number of hydrogen-bond acceptors (Lipinski definition) is 3. The first kappa shape index (κ1) is 13.2. The summed E-state index contributed by atoms with van der Waals surface area (Å²) >= 11 is 12.9. The monoisotopic (exact) mass is 302 g/mol. The molecule has 0 aliphatic rings. The van der Waals surface area contributed by atoms with Gasteiger partial charge in [-0.05, 0) is 30.3 Å². The van der Waals surface area contributed by atoms with Gasteiger partial charge in [0.2, 0.25) is 0 Å². The van der Waals surface area contributed by atoms with Gasteiger partial charge in [-0.25, -0.2) is 4.79 Å². The van der Waals surface area contributed by atoms with Crippen molar-refractivity contribution >= 4 is 40.5 Å². The molecule has 0 amide bonds. The Hall–Kier alpha value is -1.23. The molecule has 18 heavy (non-hydrogen) atoms. The Balaban J connectivity index is 2.04. The van der Waals surface area contributed by atoms with Crippen LogP contribution >= 0.6 is 34.5 Å². The van der Waals surface area contributed by atoms with Crippen LogP contribution in [0.2, 0.25) is 10.0 Å². The van der Waals surface area contributed by atoms with Crippen LogP contribution < -0.4 is 4.74 Å². The fourth-order valence-corrected chi connectivity index (χ4v) is 2.60. The summed E-state index contributed by atoms with van der Waals surface area (Å²) in [6.45, 7) is 0.286. The maximum absolute atomic E-state index is 10.7. The number of halogens is 2. The summed E-state index contributed by atoms with van der Waals surface area (Å²) in [7, 11) is 0. The lowest BCUT2D eigenvalue weighted by molar-refractivity contribution is 0.0702. The molecule has 1 aromatic heterocycles. The standard InChI is InChI=1S/C12H8Cl2O3S/c13-7-3-8(14)5-9(4-7)17-6-10-1-2-11(18-10)12(15)16/h1-5H,6H2,(H,15,16). The Morgan fingerprint density at radius 3 is 2.44 bits per heavy atom. The van der Waals surface area contributed by atoms with E-state index in [0.29, 0.717) is 15.8 Å². The van der Waals surface area contributed by atoms with Gasteiger partial charge in [0.25, 0.3) is 0 Å². The van der Waals surface area contributed by atoms with Gasteiger partial charge in [-0.3, -0.25) is 0 Å². The number of hydrogen-bond donors (Lipinski definition) is 1. The van der Waals surface area contributed by atoms with Gasteiger partial charge in [-0.2, -0.15) is 0 Å². The molecule has 2 rings (SSSR count). The van der Waals surface area contributed by atoms with Gasteiger partial charge in [-0.1, -0.05) is 23.2 Å². The second-order valence-corrected chi connectivity index (χ2v) is 5.51. The highest BCUT2D eigenvalue weighted by molar-refractivity contribution is 7.13. The molecule has 0 spiro atoms. The fourth-order valence-electron chi connectivity index (χ4n) is 1.34. The molecule has 1 heterocycles. The van der Waals surface area contributed by atoms with Gasteiger partial charge in [0.15, 0.2) is 0 Å².